The summed E-state index contributed by atoms with van der Waals surface area (Å²) in [4.78, 5) is 23.7. The molecule has 14 aromatic rings. The van der Waals surface area contributed by atoms with E-state index >= 15 is 0 Å². The molecule has 2 heterocycles. The quantitative estimate of drug-likeness (QED) is 0.0853. The highest BCUT2D eigenvalue weighted by molar-refractivity contribution is 6.10. The Balaban J connectivity index is 0.782. The van der Waals surface area contributed by atoms with Crippen LogP contribution in [0.1, 0.15) is 51.5 Å². The van der Waals surface area contributed by atoms with Crippen molar-refractivity contribution in [2.75, 3.05) is 4.90 Å². The average molecular weight is 1190 g/mol. The lowest BCUT2D eigenvalue weighted by Crippen LogP contribution is -2.14. The standard InChI is InChI=1S/C88H65N5/c1-8-28-63(29-9-1)80(85(67-32-12-3-13-33-67)68-54-52-65(53-55-68)76-58-59-84(79-45-25-24-44-78(76)79)93(72-38-18-6-19-39-72)73-40-20-7-21-41-73)60-62-48-50-64(51-49-62)75-57-56-71(74-42-22-23-43-77(74)75)61-81(83-47-27-26-46-82(89-83)66-30-10-2-11-31-66)88-91-86(69-34-14-4-15-35-69)90-87(92-88)70-36-16-5-17-37-70/h1-26,28-59,81H,27,60-61H2. The summed E-state index contributed by atoms with van der Waals surface area (Å²) < 4.78 is 0. The van der Waals surface area contributed by atoms with E-state index in [0.717, 1.165) is 74.7 Å². The zero-order valence-electron chi connectivity index (χ0n) is 51.4. The number of rotatable bonds is 17. The molecule has 0 saturated heterocycles. The van der Waals surface area contributed by atoms with E-state index in [2.05, 4.69) is 314 Å². The highest BCUT2D eigenvalue weighted by Gasteiger charge is 2.27. The van der Waals surface area contributed by atoms with E-state index in [4.69, 9.17) is 19.9 Å². The van der Waals surface area contributed by atoms with Crippen molar-refractivity contribution >= 4 is 55.5 Å². The minimum Gasteiger partial charge on any atom is -0.310 e. The third kappa shape index (κ3) is 12.3. The summed E-state index contributed by atoms with van der Waals surface area (Å²) in [6, 6.07) is 119. The van der Waals surface area contributed by atoms with E-state index in [-0.39, 0.29) is 5.92 Å². The summed E-state index contributed by atoms with van der Waals surface area (Å²) >= 11 is 0. The number of para-hydroxylation sites is 2. The molecule has 0 N–H and O–H groups in total. The Hall–Kier alpha value is -11.9. The molecule has 5 heteroatoms. The number of nitrogens with zero attached hydrogens (tertiary/aromatic N) is 5. The van der Waals surface area contributed by atoms with Gasteiger partial charge < -0.3 is 4.90 Å². The lowest BCUT2D eigenvalue weighted by atomic mass is 9.85. The minimum absolute atomic E-state index is 0.314. The summed E-state index contributed by atoms with van der Waals surface area (Å²) in [5.41, 5.74) is 21.2. The Kier molecular flexibility index (Phi) is 16.5. The van der Waals surface area contributed by atoms with Gasteiger partial charge in [0.05, 0.1) is 17.3 Å². The third-order valence-electron chi connectivity index (χ3n) is 17.7. The molecule has 93 heavy (non-hydrogen) atoms. The Bertz CT molecular complexity index is 4950. The summed E-state index contributed by atoms with van der Waals surface area (Å²) in [6.07, 6.45) is 8.63. The number of aromatic nitrogens is 3. The molecule has 13 aromatic carbocycles. The lowest BCUT2D eigenvalue weighted by Gasteiger charge is -2.27. The Labute approximate surface area is 544 Å². The van der Waals surface area contributed by atoms with Gasteiger partial charge in [0, 0.05) is 39.1 Å². The zero-order valence-corrected chi connectivity index (χ0v) is 51.4. The fourth-order valence-electron chi connectivity index (χ4n) is 13.1. The molecule has 1 aliphatic heterocycles. The van der Waals surface area contributed by atoms with Gasteiger partial charge in [-0.25, -0.2) is 15.0 Å². The summed E-state index contributed by atoms with van der Waals surface area (Å²) in [7, 11) is 0. The monoisotopic (exact) mass is 1190 g/mol. The molecule has 1 aromatic heterocycles. The van der Waals surface area contributed by atoms with Gasteiger partial charge in [0.2, 0.25) is 0 Å². The minimum atomic E-state index is -0.314. The van der Waals surface area contributed by atoms with E-state index in [1.807, 2.05) is 42.5 Å². The molecule has 1 unspecified atom stereocenters. The van der Waals surface area contributed by atoms with Crippen LogP contribution in [0.2, 0.25) is 0 Å². The van der Waals surface area contributed by atoms with Gasteiger partial charge in [-0.3, -0.25) is 4.99 Å². The molecule has 0 bridgehead atoms. The van der Waals surface area contributed by atoms with Gasteiger partial charge in [-0.05, 0) is 133 Å². The second kappa shape index (κ2) is 26.7. The molecule has 442 valence electrons. The molecule has 0 amide bonds. The lowest BCUT2D eigenvalue weighted by molar-refractivity contribution is 0.711. The predicted octanol–water partition coefficient (Wildman–Crippen LogP) is 22.2. The van der Waals surface area contributed by atoms with E-state index in [1.54, 1.807) is 0 Å². The van der Waals surface area contributed by atoms with Gasteiger partial charge >= 0.3 is 0 Å². The number of benzene rings is 13. The van der Waals surface area contributed by atoms with Crippen LogP contribution < -0.4 is 4.90 Å². The molecule has 0 radical (unpaired) electrons. The van der Waals surface area contributed by atoms with Crippen molar-refractivity contribution in [3.05, 3.63) is 397 Å². The number of aliphatic imine (C=N–C) groups is 1. The summed E-state index contributed by atoms with van der Waals surface area (Å²) in [5.74, 6) is 1.63. The fraction of sp³-hybridized carbons (Fsp3) is 0.0455. The van der Waals surface area contributed by atoms with Crippen LogP contribution >= 0.6 is 0 Å². The first-order valence-electron chi connectivity index (χ1n) is 32.0. The number of anilines is 3. The summed E-state index contributed by atoms with van der Waals surface area (Å²) in [6.45, 7) is 0. The normalized spacial score (nSPS) is 12.8. The van der Waals surface area contributed by atoms with Crippen LogP contribution in [-0.2, 0) is 12.8 Å². The maximum absolute atomic E-state index is 5.49. The Morgan fingerprint density at radius 1 is 0.366 bits per heavy atom. The third-order valence-corrected chi connectivity index (χ3v) is 17.7. The van der Waals surface area contributed by atoms with E-state index in [1.165, 1.54) is 66.1 Å². The first-order chi connectivity index (χ1) is 46.1. The van der Waals surface area contributed by atoms with Crippen molar-refractivity contribution in [1.29, 1.82) is 0 Å². The summed E-state index contributed by atoms with van der Waals surface area (Å²) in [5, 5.41) is 4.75. The van der Waals surface area contributed by atoms with Crippen molar-refractivity contribution in [2.24, 2.45) is 4.99 Å². The average Bonchev–Trinajstić information content (AvgIpc) is 1.16. The first kappa shape index (κ1) is 57.5. The highest BCUT2D eigenvalue weighted by Crippen LogP contribution is 2.44. The largest absolute Gasteiger partial charge is 0.310 e. The van der Waals surface area contributed by atoms with E-state index < -0.39 is 0 Å². The smallest absolute Gasteiger partial charge is 0.163 e. The SMILES string of the molecule is C1=CC(c2ccccc2)=NC(C(Cc2ccc(-c3ccc(CC(=C(c4ccccc4)c4ccc(-c5ccc(N(c6ccccc6)c6ccccc6)c6ccccc56)cc4)c4ccccc4)cc3)c3ccccc23)c2nc(-c3ccccc3)nc(-c3ccccc3)n2)=CC1. The molecular formula is C88H65N5. The topological polar surface area (TPSA) is 54.3 Å². The number of hydrogen-bond donors (Lipinski definition) is 0. The second-order valence-electron chi connectivity index (χ2n) is 23.5. The van der Waals surface area contributed by atoms with Gasteiger partial charge in [-0.15, -0.1) is 0 Å². The van der Waals surface area contributed by atoms with Crippen LogP contribution in [0.3, 0.4) is 0 Å². The molecule has 0 saturated carbocycles. The molecule has 0 spiro atoms. The van der Waals surface area contributed by atoms with Crippen LogP contribution in [-0.4, -0.2) is 20.7 Å². The zero-order chi connectivity index (χ0) is 62.1. The van der Waals surface area contributed by atoms with Crippen molar-refractivity contribution < 1.29 is 0 Å². The highest BCUT2D eigenvalue weighted by atomic mass is 15.1. The predicted molar refractivity (Wildman–Crippen MR) is 388 cm³/mol. The Morgan fingerprint density at radius 3 is 1.39 bits per heavy atom. The molecule has 1 atom stereocenters. The molecule has 5 nitrogen and oxygen atoms in total. The molecule has 0 fully saturated rings. The maximum Gasteiger partial charge on any atom is 0.163 e. The molecule has 15 rings (SSSR count). The van der Waals surface area contributed by atoms with Crippen molar-refractivity contribution in [1.82, 2.24) is 15.0 Å². The molecular weight excluding hydrogens is 1130 g/mol. The number of hydrogen-bond acceptors (Lipinski definition) is 5. The molecule has 1 aliphatic rings. The van der Waals surface area contributed by atoms with Crippen LogP contribution in [0.4, 0.5) is 17.1 Å². The van der Waals surface area contributed by atoms with Crippen molar-refractivity contribution in [2.45, 2.75) is 25.2 Å². The van der Waals surface area contributed by atoms with Gasteiger partial charge in [0.15, 0.2) is 11.6 Å². The van der Waals surface area contributed by atoms with E-state index in [9.17, 15) is 0 Å². The van der Waals surface area contributed by atoms with Gasteiger partial charge in [-0.1, -0.05) is 315 Å². The van der Waals surface area contributed by atoms with Gasteiger partial charge in [0.1, 0.15) is 5.82 Å². The van der Waals surface area contributed by atoms with Crippen molar-refractivity contribution in [3.8, 4) is 45.0 Å². The van der Waals surface area contributed by atoms with Crippen LogP contribution in [0.15, 0.2) is 363 Å². The fourth-order valence-corrected chi connectivity index (χ4v) is 13.1. The second-order valence-corrected chi connectivity index (χ2v) is 23.5. The van der Waals surface area contributed by atoms with Gasteiger partial charge in [-0.2, -0.15) is 0 Å². The van der Waals surface area contributed by atoms with E-state index in [0.29, 0.717) is 23.9 Å². The van der Waals surface area contributed by atoms with Crippen molar-refractivity contribution in [3.63, 3.8) is 0 Å². The van der Waals surface area contributed by atoms with Crippen LogP contribution in [0.5, 0.6) is 0 Å². The number of fused-ring (bicyclic) bond motifs is 2. The first-order valence-corrected chi connectivity index (χ1v) is 32.0. The van der Waals surface area contributed by atoms with Crippen LogP contribution in [0, 0.1) is 0 Å². The molecule has 0 aliphatic carbocycles. The van der Waals surface area contributed by atoms with Crippen LogP contribution in [0.25, 0.3) is 77.7 Å². The maximum atomic E-state index is 5.49. The van der Waals surface area contributed by atoms with Gasteiger partial charge in [0.25, 0.3) is 0 Å². The Morgan fingerprint density at radius 2 is 0.817 bits per heavy atom. The number of allylic oxidation sites excluding steroid dienone is 5.